The van der Waals surface area contributed by atoms with Crippen molar-refractivity contribution in [2.24, 2.45) is 0 Å². The van der Waals surface area contributed by atoms with E-state index in [-0.39, 0.29) is 0 Å². The molecule has 17 heavy (non-hydrogen) atoms. The SMILES string of the molecule is CCCC1CC(NCCCCCOC)CCO1. The van der Waals surface area contributed by atoms with Crippen LogP contribution < -0.4 is 5.32 Å². The van der Waals surface area contributed by atoms with E-state index in [2.05, 4.69) is 12.2 Å². The molecule has 0 radical (unpaired) electrons. The van der Waals surface area contributed by atoms with Gasteiger partial charge >= 0.3 is 0 Å². The lowest BCUT2D eigenvalue weighted by Crippen LogP contribution is -2.39. The second kappa shape index (κ2) is 9.86. The van der Waals surface area contributed by atoms with Gasteiger partial charge in [0.05, 0.1) is 6.10 Å². The number of ether oxygens (including phenoxy) is 2. The van der Waals surface area contributed by atoms with E-state index in [0.29, 0.717) is 12.1 Å². The first-order chi connectivity index (χ1) is 8.36. The normalized spacial score (nSPS) is 25.1. The molecule has 3 nitrogen and oxygen atoms in total. The number of methoxy groups -OCH3 is 1. The Labute approximate surface area is 106 Å². The zero-order valence-electron chi connectivity index (χ0n) is 11.5. The third-order valence-corrected chi connectivity index (χ3v) is 3.44. The maximum atomic E-state index is 5.75. The van der Waals surface area contributed by atoms with Crippen LogP contribution in [-0.2, 0) is 9.47 Å². The van der Waals surface area contributed by atoms with Gasteiger partial charge in [0, 0.05) is 26.4 Å². The Balaban J connectivity index is 1.98. The molecule has 2 atom stereocenters. The van der Waals surface area contributed by atoms with Crippen molar-refractivity contribution in [1.29, 1.82) is 0 Å². The number of hydrogen-bond donors (Lipinski definition) is 1. The van der Waals surface area contributed by atoms with E-state index in [1.165, 1.54) is 44.9 Å². The van der Waals surface area contributed by atoms with Crippen molar-refractivity contribution in [3.8, 4) is 0 Å². The molecular formula is C14H29NO2. The summed E-state index contributed by atoms with van der Waals surface area (Å²) in [6.07, 6.45) is 9.04. The summed E-state index contributed by atoms with van der Waals surface area (Å²) in [5, 5.41) is 3.67. The molecule has 0 amide bonds. The van der Waals surface area contributed by atoms with Gasteiger partial charge in [0.25, 0.3) is 0 Å². The first-order valence-electron chi connectivity index (χ1n) is 7.20. The van der Waals surface area contributed by atoms with Crippen molar-refractivity contribution in [2.45, 2.75) is 64.0 Å². The minimum atomic E-state index is 0.500. The topological polar surface area (TPSA) is 30.5 Å². The van der Waals surface area contributed by atoms with E-state index in [0.717, 1.165) is 19.8 Å². The van der Waals surface area contributed by atoms with E-state index in [9.17, 15) is 0 Å². The van der Waals surface area contributed by atoms with Crippen LogP contribution >= 0.6 is 0 Å². The highest BCUT2D eigenvalue weighted by Gasteiger charge is 2.20. The van der Waals surface area contributed by atoms with Gasteiger partial charge in [-0.05, 0) is 45.1 Å². The van der Waals surface area contributed by atoms with Crippen LogP contribution in [0.25, 0.3) is 0 Å². The monoisotopic (exact) mass is 243 g/mol. The quantitative estimate of drug-likeness (QED) is 0.632. The summed E-state index contributed by atoms with van der Waals surface area (Å²) in [5.41, 5.74) is 0. The molecule has 1 aliphatic rings. The molecule has 0 bridgehead atoms. The number of hydrogen-bond acceptors (Lipinski definition) is 3. The summed E-state index contributed by atoms with van der Waals surface area (Å²) in [7, 11) is 1.77. The Morgan fingerprint density at radius 1 is 1.29 bits per heavy atom. The zero-order chi connectivity index (χ0) is 12.3. The van der Waals surface area contributed by atoms with Crippen LogP contribution in [0.4, 0.5) is 0 Å². The van der Waals surface area contributed by atoms with Crippen LogP contribution in [0.3, 0.4) is 0 Å². The molecule has 1 rings (SSSR count). The largest absolute Gasteiger partial charge is 0.385 e. The third-order valence-electron chi connectivity index (χ3n) is 3.44. The molecule has 2 unspecified atom stereocenters. The number of rotatable bonds is 9. The zero-order valence-corrected chi connectivity index (χ0v) is 11.5. The summed E-state index contributed by atoms with van der Waals surface area (Å²) in [6, 6.07) is 0.683. The molecule has 102 valence electrons. The Kier molecular flexibility index (Phi) is 8.67. The minimum absolute atomic E-state index is 0.500. The lowest BCUT2D eigenvalue weighted by Gasteiger charge is -2.30. The summed E-state index contributed by atoms with van der Waals surface area (Å²) >= 11 is 0. The second-order valence-corrected chi connectivity index (χ2v) is 5.01. The van der Waals surface area contributed by atoms with Gasteiger partial charge in [-0.25, -0.2) is 0 Å². The fourth-order valence-electron chi connectivity index (χ4n) is 2.44. The van der Waals surface area contributed by atoms with Crippen molar-refractivity contribution >= 4 is 0 Å². The molecule has 1 N–H and O–H groups in total. The lowest BCUT2D eigenvalue weighted by atomic mass is 10.00. The van der Waals surface area contributed by atoms with E-state index in [1.54, 1.807) is 7.11 Å². The molecule has 0 spiro atoms. The number of nitrogens with one attached hydrogen (secondary N) is 1. The van der Waals surface area contributed by atoms with E-state index >= 15 is 0 Å². The van der Waals surface area contributed by atoms with Crippen molar-refractivity contribution in [2.75, 3.05) is 26.9 Å². The maximum Gasteiger partial charge on any atom is 0.0589 e. The molecule has 0 aromatic carbocycles. The molecular weight excluding hydrogens is 214 g/mol. The summed E-state index contributed by atoms with van der Waals surface area (Å²) in [6.45, 7) is 5.21. The Morgan fingerprint density at radius 2 is 2.18 bits per heavy atom. The van der Waals surface area contributed by atoms with Gasteiger partial charge in [0.15, 0.2) is 0 Å². The standard InChI is InChI=1S/C14H29NO2/c1-3-7-14-12-13(8-11-17-14)15-9-5-4-6-10-16-2/h13-15H,3-12H2,1-2H3. The lowest BCUT2D eigenvalue weighted by molar-refractivity contribution is -0.00312. The maximum absolute atomic E-state index is 5.75. The van der Waals surface area contributed by atoms with Gasteiger partial charge in [-0.2, -0.15) is 0 Å². The van der Waals surface area contributed by atoms with Crippen molar-refractivity contribution in [3.05, 3.63) is 0 Å². The van der Waals surface area contributed by atoms with Gasteiger partial charge in [-0.3, -0.25) is 0 Å². The van der Waals surface area contributed by atoms with Crippen LogP contribution in [0, 0.1) is 0 Å². The van der Waals surface area contributed by atoms with Gasteiger partial charge in [0.1, 0.15) is 0 Å². The molecule has 0 aromatic heterocycles. The Bertz CT molecular complexity index is 174. The van der Waals surface area contributed by atoms with Crippen LogP contribution in [-0.4, -0.2) is 39.0 Å². The van der Waals surface area contributed by atoms with Crippen LogP contribution in [0.15, 0.2) is 0 Å². The third kappa shape index (κ3) is 7.02. The fourth-order valence-corrected chi connectivity index (χ4v) is 2.44. The van der Waals surface area contributed by atoms with Crippen LogP contribution in [0.1, 0.15) is 51.9 Å². The molecule has 1 saturated heterocycles. The molecule has 1 heterocycles. The predicted molar refractivity (Wildman–Crippen MR) is 71.4 cm³/mol. The van der Waals surface area contributed by atoms with E-state index in [4.69, 9.17) is 9.47 Å². The van der Waals surface area contributed by atoms with Gasteiger partial charge in [0.2, 0.25) is 0 Å². The molecule has 1 aliphatic heterocycles. The van der Waals surface area contributed by atoms with Crippen molar-refractivity contribution in [1.82, 2.24) is 5.32 Å². The average Bonchev–Trinajstić information content (AvgIpc) is 2.35. The molecule has 0 aromatic rings. The first kappa shape index (κ1) is 14.9. The predicted octanol–water partition coefficient (Wildman–Crippen LogP) is 2.74. The highest BCUT2D eigenvalue weighted by Crippen LogP contribution is 2.17. The molecule has 3 heteroatoms. The van der Waals surface area contributed by atoms with Crippen LogP contribution in [0.5, 0.6) is 0 Å². The summed E-state index contributed by atoms with van der Waals surface area (Å²) in [5.74, 6) is 0. The van der Waals surface area contributed by atoms with Crippen molar-refractivity contribution < 1.29 is 9.47 Å². The van der Waals surface area contributed by atoms with Gasteiger partial charge in [-0.15, -0.1) is 0 Å². The Morgan fingerprint density at radius 3 is 2.94 bits per heavy atom. The molecule has 1 fully saturated rings. The van der Waals surface area contributed by atoms with E-state index < -0.39 is 0 Å². The van der Waals surface area contributed by atoms with E-state index in [1.807, 2.05) is 0 Å². The minimum Gasteiger partial charge on any atom is -0.385 e. The highest BCUT2D eigenvalue weighted by atomic mass is 16.5. The second-order valence-electron chi connectivity index (χ2n) is 5.01. The fraction of sp³-hybridized carbons (Fsp3) is 1.00. The Hall–Kier alpha value is -0.120. The van der Waals surface area contributed by atoms with Gasteiger partial charge < -0.3 is 14.8 Å². The van der Waals surface area contributed by atoms with Gasteiger partial charge in [-0.1, -0.05) is 13.3 Å². The summed E-state index contributed by atoms with van der Waals surface area (Å²) < 4.78 is 10.8. The first-order valence-corrected chi connectivity index (χ1v) is 7.20. The summed E-state index contributed by atoms with van der Waals surface area (Å²) in [4.78, 5) is 0. The van der Waals surface area contributed by atoms with Crippen LogP contribution in [0.2, 0.25) is 0 Å². The molecule has 0 saturated carbocycles. The molecule has 0 aliphatic carbocycles. The smallest absolute Gasteiger partial charge is 0.0589 e. The van der Waals surface area contributed by atoms with Crippen molar-refractivity contribution in [3.63, 3.8) is 0 Å². The average molecular weight is 243 g/mol. The number of unbranched alkanes of at least 4 members (excludes halogenated alkanes) is 2. The highest BCUT2D eigenvalue weighted by molar-refractivity contribution is 4.76.